The van der Waals surface area contributed by atoms with Crippen LogP contribution in [0.25, 0.3) is 11.2 Å². The third-order valence-corrected chi connectivity index (χ3v) is 4.61. The molecule has 2 aromatic heterocycles. The number of aryl methyl sites for hydroxylation is 3. The van der Waals surface area contributed by atoms with Gasteiger partial charge in [0, 0.05) is 13.1 Å². The average molecular weight is 329 g/mol. The zero-order chi connectivity index (χ0) is 15.4. The van der Waals surface area contributed by atoms with Crippen LogP contribution in [0, 0.1) is 6.92 Å². The van der Waals surface area contributed by atoms with Gasteiger partial charge in [-0.3, -0.25) is 0 Å². The Balaban J connectivity index is 2.27. The highest BCUT2D eigenvalue weighted by molar-refractivity contribution is 7.98. The zero-order valence-corrected chi connectivity index (χ0v) is 15.0. The van der Waals surface area contributed by atoms with E-state index in [1.165, 1.54) is 18.6 Å². The number of unbranched alkanes of at least 4 members (excludes halogenated alkanes) is 2. The Morgan fingerprint density at radius 1 is 1.29 bits per heavy atom. The number of thioether (sulfide) groups is 1. The fraction of sp³-hybridized carbons (Fsp3) is 0.733. The lowest BCUT2D eigenvalue weighted by Gasteiger charge is -2.11. The Labute approximate surface area is 136 Å². The van der Waals surface area contributed by atoms with Gasteiger partial charge >= 0.3 is 0 Å². The van der Waals surface area contributed by atoms with Crippen molar-refractivity contribution in [2.24, 2.45) is 0 Å². The summed E-state index contributed by atoms with van der Waals surface area (Å²) in [6.07, 6.45) is 5.85. The minimum Gasteiger partial charge on any atom is -0.312 e. The molecule has 0 spiro atoms. The Hall–Kier alpha value is -0.680. The van der Waals surface area contributed by atoms with Crippen LogP contribution in [0.2, 0.25) is 0 Å². The van der Waals surface area contributed by atoms with Crippen molar-refractivity contribution in [1.29, 1.82) is 0 Å². The first-order valence-corrected chi connectivity index (χ1v) is 9.49. The summed E-state index contributed by atoms with van der Waals surface area (Å²) in [7, 11) is 0. The van der Waals surface area contributed by atoms with Crippen molar-refractivity contribution < 1.29 is 0 Å². The average Bonchev–Trinajstić information content (AvgIpc) is 2.97. The maximum absolute atomic E-state index is 6.33. The zero-order valence-electron chi connectivity index (χ0n) is 13.4. The van der Waals surface area contributed by atoms with E-state index in [1.54, 1.807) is 0 Å². The van der Waals surface area contributed by atoms with Gasteiger partial charge in [-0.05, 0) is 45.6 Å². The molecule has 2 aromatic rings. The van der Waals surface area contributed by atoms with Crippen LogP contribution >= 0.6 is 23.4 Å². The van der Waals surface area contributed by atoms with Crippen LogP contribution < -0.4 is 0 Å². The molecule has 0 saturated heterocycles. The second-order valence-corrected chi connectivity index (χ2v) is 7.00. The van der Waals surface area contributed by atoms with Gasteiger partial charge < -0.3 is 4.57 Å². The lowest BCUT2D eigenvalue weighted by molar-refractivity contribution is 0.567. The van der Waals surface area contributed by atoms with Crippen LogP contribution in [0.15, 0.2) is 0 Å². The van der Waals surface area contributed by atoms with E-state index in [0.717, 1.165) is 42.2 Å². The SMILES string of the molecule is CCn1nc(C)c2nc(C(C)Cl)n(CCCCCSC)c21. The van der Waals surface area contributed by atoms with Gasteiger partial charge in [-0.1, -0.05) is 6.42 Å². The number of aromatic nitrogens is 4. The lowest BCUT2D eigenvalue weighted by Crippen LogP contribution is -2.09. The normalized spacial score (nSPS) is 13.2. The molecule has 0 saturated carbocycles. The number of imidazole rings is 1. The fourth-order valence-corrected chi connectivity index (χ4v) is 3.34. The van der Waals surface area contributed by atoms with Crippen molar-refractivity contribution in [3.8, 4) is 0 Å². The van der Waals surface area contributed by atoms with Crippen LogP contribution in [-0.4, -0.2) is 31.3 Å². The molecule has 2 rings (SSSR count). The molecule has 6 heteroatoms. The smallest absolute Gasteiger partial charge is 0.158 e. The molecule has 0 bridgehead atoms. The molecule has 0 amide bonds. The summed E-state index contributed by atoms with van der Waals surface area (Å²) in [4.78, 5) is 4.74. The Morgan fingerprint density at radius 2 is 2.05 bits per heavy atom. The van der Waals surface area contributed by atoms with Crippen molar-refractivity contribution in [3.63, 3.8) is 0 Å². The van der Waals surface area contributed by atoms with Crippen LogP contribution in [0.3, 0.4) is 0 Å². The molecule has 2 heterocycles. The van der Waals surface area contributed by atoms with Gasteiger partial charge in [0.25, 0.3) is 0 Å². The summed E-state index contributed by atoms with van der Waals surface area (Å²) >= 11 is 8.25. The molecule has 4 nitrogen and oxygen atoms in total. The van der Waals surface area contributed by atoms with Crippen molar-refractivity contribution in [3.05, 3.63) is 11.5 Å². The standard InChI is InChI=1S/C15H25ClN4S/c1-5-20-15-13(12(3)18-20)17-14(11(2)16)19(15)9-7-6-8-10-21-4/h11H,5-10H2,1-4H3. The minimum atomic E-state index is -0.0756. The van der Waals surface area contributed by atoms with Gasteiger partial charge in [0.05, 0.1) is 11.1 Å². The van der Waals surface area contributed by atoms with E-state index >= 15 is 0 Å². The number of fused-ring (bicyclic) bond motifs is 1. The van der Waals surface area contributed by atoms with Gasteiger partial charge in [-0.25, -0.2) is 9.67 Å². The van der Waals surface area contributed by atoms with E-state index in [0.29, 0.717) is 0 Å². The van der Waals surface area contributed by atoms with Gasteiger partial charge in [0.15, 0.2) is 5.65 Å². The minimum absolute atomic E-state index is 0.0756. The second kappa shape index (κ2) is 7.54. The molecule has 0 aliphatic heterocycles. The molecule has 0 fully saturated rings. The third-order valence-electron chi connectivity index (χ3n) is 3.71. The lowest BCUT2D eigenvalue weighted by atomic mass is 10.2. The highest BCUT2D eigenvalue weighted by Gasteiger charge is 2.20. The van der Waals surface area contributed by atoms with Gasteiger partial charge in [0.2, 0.25) is 0 Å². The Bertz CT molecular complexity index is 588. The second-order valence-electron chi connectivity index (χ2n) is 5.36. The quantitative estimate of drug-likeness (QED) is 0.532. The van der Waals surface area contributed by atoms with E-state index in [1.807, 2.05) is 30.3 Å². The highest BCUT2D eigenvalue weighted by Crippen LogP contribution is 2.27. The topological polar surface area (TPSA) is 35.6 Å². The molecule has 1 unspecified atom stereocenters. The predicted molar refractivity (Wildman–Crippen MR) is 92.4 cm³/mol. The summed E-state index contributed by atoms with van der Waals surface area (Å²) in [6, 6.07) is 0. The molecular formula is C15H25ClN4S. The summed E-state index contributed by atoms with van der Waals surface area (Å²) < 4.78 is 4.32. The predicted octanol–water partition coefficient (Wildman–Crippen LogP) is 4.39. The van der Waals surface area contributed by atoms with Crippen molar-refractivity contribution in [1.82, 2.24) is 19.3 Å². The van der Waals surface area contributed by atoms with Crippen LogP contribution in [0.1, 0.15) is 50.0 Å². The summed E-state index contributed by atoms with van der Waals surface area (Å²) in [6.45, 7) is 7.96. The van der Waals surface area contributed by atoms with E-state index < -0.39 is 0 Å². The third kappa shape index (κ3) is 3.57. The van der Waals surface area contributed by atoms with E-state index in [-0.39, 0.29) is 5.38 Å². The molecule has 0 aliphatic carbocycles. The summed E-state index contributed by atoms with van der Waals surface area (Å²) in [5.74, 6) is 2.21. The summed E-state index contributed by atoms with van der Waals surface area (Å²) in [5, 5.41) is 4.50. The summed E-state index contributed by atoms with van der Waals surface area (Å²) in [5.41, 5.74) is 3.12. The van der Waals surface area contributed by atoms with Gasteiger partial charge in [-0.15, -0.1) is 11.6 Å². The first-order valence-electron chi connectivity index (χ1n) is 7.66. The number of hydrogen-bond acceptors (Lipinski definition) is 3. The van der Waals surface area contributed by atoms with Crippen molar-refractivity contribution in [2.75, 3.05) is 12.0 Å². The number of rotatable bonds is 8. The highest BCUT2D eigenvalue weighted by atomic mass is 35.5. The maximum atomic E-state index is 6.33. The number of halogens is 1. The largest absolute Gasteiger partial charge is 0.312 e. The molecule has 0 aliphatic rings. The number of nitrogens with zero attached hydrogens (tertiary/aromatic N) is 4. The monoisotopic (exact) mass is 328 g/mol. The van der Waals surface area contributed by atoms with E-state index in [4.69, 9.17) is 16.6 Å². The molecule has 0 N–H and O–H groups in total. The van der Waals surface area contributed by atoms with E-state index in [2.05, 4.69) is 22.8 Å². The number of alkyl halides is 1. The molecule has 21 heavy (non-hydrogen) atoms. The van der Waals surface area contributed by atoms with Crippen LogP contribution in [0.5, 0.6) is 0 Å². The Morgan fingerprint density at radius 3 is 2.67 bits per heavy atom. The first-order chi connectivity index (χ1) is 10.1. The maximum Gasteiger partial charge on any atom is 0.158 e. The molecule has 118 valence electrons. The van der Waals surface area contributed by atoms with Gasteiger partial charge in [0.1, 0.15) is 11.3 Å². The first kappa shape index (κ1) is 16.7. The molecule has 0 radical (unpaired) electrons. The Kier molecular flexibility index (Phi) is 5.99. The number of hydrogen-bond donors (Lipinski definition) is 0. The van der Waals surface area contributed by atoms with Crippen molar-refractivity contribution >= 4 is 34.5 Å². The van der Waals surface area contributed by atoms with Crippen LogP contribution in [0.4, 0.5) is 0 Å². The van der Waals surface area contributed by atoms with E-state index in [9.17, 15) is 0 Å². The molecular weight excluding hydrogens is 304 g/mol. The molecule has 1 atom stereocenters. The van der Waals surface area contributed by atoms with Gasteiger partial charge in [-0.2, -0.15) is 16.9 Å². The molecule has 0 aromatic carbocycles. The van der Waals surface area contributed by atoms with Crippen LogP contribution in [-0.2, 0) is 13.1 Å². The fourth-order valence-electron chi connectivity index (χ4n) is 2.68. The van der Waals surface area contributed by atoms with Crippen molar-refractivity contribution in [2.45, 2.75) is 58.5 Å².